The minimum Gasteiger partial charge on any atom is -0.494 e. The van der Waals surface area contributed by atoms with Gasteiger partial charge in [0.1, 0.15) is 0 Å². The van der Waals surface area contributed by atoms with E-state index in [9.17, 15) is 9.18 Å². The van der Waals surface area contributed by atoms with Gasteiger partial charge in [0.05, 0.1) is 12.9 Å². The number of carbonyl (C=O) groups is 1. The van der Waals surface area contributed by atoms with E-state index in [2.05, 4.69) is 45.1 Å². The molecule has 5 heteroatoms. The average Bonchev–Trinajstić information content (AvgIpc) is 2.61. The van der Waals surface area contributed by atoms with Crippen LogP contribution >= 0.6 is 11.8 Å². The Morgan fingerprint density at radius 3 is 2.26 bits per heavy atom. The predicted molar refractivity (Wildman–Crippen MR) is 112 cm³/mol. The molecule has 0 aliphatic rings. The van der Waals surface area contributed by atoms with Crippen molar-refractivity contribution < 1.29 is 13.9 Å². The Bertz CT molecular complexity index is 764. The summed E-state index contributed by atoms with van der Waals surface area (Å²) in [5.41, 5.74) is 4.06. The minimum absolute atomic E-state index is 0.0380. The molecule has 0 aromatic heterocycles. The third kappa shape index (κ3) is 5.73. The number of ether oxygens (including phenoxy) is 1. The number of hydrogen-bond acceptors (Lipinski definition) is 3. The highest BCUT2D eigenvalue weighted by Crippen LogP contribution is 2.32. The monoisotopic (exact) mass is 389 g/mol. The number of benzene rings is 2. The van der Waals surface area contributed by atoms with Crippen LogP contribution in [0.3, 0.4) is 0 Å². The molecule has 0 aliphatic carbocycles. The van der Waals surface area contributed by atoms with Gasteiger partial charge in [0.2, 0.25) is 5.91 Å². The van der Waals surface area contributed by atoms with Crippen LogP contribution in [0.1, 0.15) is 56.2 Å². The molecular formula is C22H28FNO2S. The maximum atomic E-state index is 13.8. The SMILES string of the molecule is COc1ccc(CSCC(=O)Nc2c(C(C)C)cccc2C(C)C)cc1F. The molecule has 0 saturated heterocycles. The Balaban J connectivity index is 2.01. The number of carbonyl (C=O) groups excluding carboxylic acids is 1. The Hall–Kier alpha value is -2.01. The van der Waals surface area contributed by atoms with E-state index in [0.717, 1.165) is 22.4 Å². The van der Waals surface area contributed by atoms with Crippen LogP contribution in [0.4, 0.5) is 10.1 Å². The molecule has 0 aliphatic heterocycles. The van der Waals surface area contributed by atoms with Crippen LogP contribution in [0.2, 0.25) is 0 Å². The third-order valence-electron chi connectivity index (χ3n) is 4.36. The Morgan fingerprint density at radius 1 is 1.11 bits per heavy atom. The first kappa shape index (κ1) is 21.3. The van der Waals surface area contributed by atoms with Crippen molar-refractivity contribution in [2.24, 2.45) is 0 Å². The van der Waals surface area contributed by atoms with Gasteiger partial charge in [-0.3, -0.25) is 4.79 Å². The second kappa shape index (κ2) is 9.79. The number of halogens is 1. The number of thioether (sulfide) groups is 1. The van der Waals surface area contributed by atoms with E-state index in [1.54, 1.807) is 6.07 Å². The summed E-state index contributed by atoms with van der Waals surface area (Å²) in [5, 5.41) is 3.10. The van der Waals surface area contributed by atoms with Crippen molar-refractivity contribution in [1.82, 2.24) is 0 Å². The smallest absolute Gasteiger partial charge is 0.234 e. The molecule has 2 rings (SSSR count). The van der Waals surface area contributed by atoms with Gasteiger partial charge < -0.3 is 10.1 Å². The van der Waals surface area contributed by atoms with Gasteiger partial charge in [-0.15, -0.1) is 11.8 Å². The largest absolute Gasteiger partial charge is 0.494 e. The first-order chi connectivity index (χ1) is 12.8. The van der Waals surface area contributed by atoms with Gasteiger partial charge in [0.15, 0.2) is 11.6 Å². The lowest BCUT2D eigenvalue weighted by Crippen LogP contribution is -2.17. The highest BCUT2D eigenvalue weighted by atomic mass is 32.2. The fourth-order valence-electron chi connectivity index (χ4n) is 2.93. The van der Waals surface area contributed by atoms with E-state index in [0.29, 0.717) is 23.3 Å². The number of methoxy groups -OCH3 is 1. The highest BCUT2D eigenvalue weighted by molar-refractivity contribution is 7.99. The molecule has 0 unspecified atom stereocenters. The van der Waals surface area contributed by atoms with Crippen LogP contribution in [0, 0.1) is 5.82 Å². The zero-order chi connectivity index (χ0) is 20.0. The quantitative estimate of drug-likeness (QED) is 0.606. The molecule has 0 heterocycles. The number of anilines is 1. The molecule has 0 fully saturated rings. The molecule has 27 heavy (non-hydrogen) atoms. The first-order valence-electron chi connectivity index (χ1n) is 9.16. The summed E-state index contributed by atoms with van der Waals surface area (Å²) < 4.78 is 18.7. The number of hydrogen-bond donors (Lipinski definition) is 1. The molecule has 0 spiro atoms. The molecule has 2 aromatic carbocycles. The van der Waals surface area contributed by atoms with Crippen LogP contribution in [-0.4, -0.2) is 18.8 Å². The van der Waals surface area contributed by atoms with Crippen LogP contribution in [-0.2, 0) is 10.5 Å². The zero-order valence-electron chi connectivity index (χ0n) is 16.6. The van der Waals surface area contributed by atoms with E-state index in [4.69, 9.17) is 4.74 Å². The zero-order valence-corrected chi connectivity index (χ0v) is 17.5. The van der Waals surface area contributed by atoms with Crippen molar-refractivity contribution in [3.8, 4) is 5.75 Å². The van der Waals surface area contributed by atoms with Crippen LogP contribution < -0.4 is 10.1 Å². The van der Waals surface area contributed by atoms with E-state index in [1.807, 2.05) is 12.1 Å². The molecule has 3 nitrogen and oxygen atoms in total. The summed E-state index contributed by atoms with van der Waals surface area (Å²) >= 11 is 1.46. The van der Waals surface area contributed by atoms with E-state index >= 15 is 0 Å². The Labute approximate surface area is 165 Å². The normalized spacial score (nSPS) is 11.1. The third-order valence-corrected chi connectivity index (χ3v) is 5.36. The fraction of sp³-hybridized carbons (Fsp3) is 0.409. The molecular weight excluding hydrogens is 361 g/mol. The number of amides is 1. The molecule has 1 N–H and O–H groups in total. The van der Waals surface area contributed by atoms with Crippen LogP contribution in [0.5, 0.6) is 5.75 Å². The molecule has 0 saturated carbocycles. The summed E-state index contributed by atoms with van der Waals surface area (Å²) in [4.78, 5) is 12.5. The van der Waals surface area contributed by atoms with Crippen LogP contribution in [0.25, 0.3) is 0 Å². The number of nitrogens with one attached hydrogen (secondary N) is 1. The lowest BCUT2D eigenvalue weighted by Gasteiger charge is -2.20. The second-order valence-electron chi connectivity index (χ2n) is 7.13. The molecule has 2 aromatic rings. The van der Waals surface area contributed by atoms with Crippen molar-refractivity contribution in [3.63, 3.8) is 0 Å². The molecule has 0 atom stereocenters. The van der Waals surface area contributed by atoms with Crippen molar-refractivity contribution in [3.05, 3.63) is 58.9 Å². The van der Waals surface area contributed by atoms with E-state index in [-0.39, 0.29) is 17.5 Å². The number of rotatable bonds is 8. The van der Waals surface area contributed by atoms with Gasteiger partial charge in [-0.05, 0) is 40.7 Å². The molecule has 146 valence electrons. The predicted octanol–water partition coefficient (Wildman–Crippen LogP) is 5.95. The summed E-state index contributed by atoms with van der Waals surface area (Å²) in [6.07, 6.45) is 0. The van der Waals surface area contributed by atoms with Gasteiger partial charge >= 0.3 is 0 Å². The summed E-state index contributed by atoms with van der Waals surface area (Å²) in [6.45, 7) is 8.51. The lowest BCUT2D eigenvalue weighted by molar-refractivity contribution is -0.113. The maximum absolute atomic E-state index is 13.8. The van der Waals surface area contributed by atoms with Gasteiger partial charge in [-0.2, -0.15) is 0 Å². The Kier molecular flexibility index (Phi) is 7.72. The van der Waals surface area contributed by atoms with Gasteiger partial charge in [0.25, 0.3) is 0 Å². The van der Waals surface area contributed by atoms with Crippen molar-refractivity contribution >= 4 is 23.4 Å². The second-order valence-corrected chi connectivity index (χ2v) is 8.12. The summed E-state index contributed by atoms with van der Waals surface area (Å²) in [6, 6.07) is 11.1. The molecule has 0 bridgehead atoms. The summed E-state index contributed by atoms with van der Waals surface area (Å²) in [5.74, 6) is 1.35. The van der Waals surface area contributed by atoms with Crippen molar-refractivity contribution in [2.75, 3.05) is 18.2 Å². The van der Waals surface area contributed by atoms with E-state index in [1.165, 1.54) is 24.9 Å². The van der Waals surface area contributed by atoms with Gasteiger partial charge in [0, 0.05) is 11.4 Å². The highest BCUT2D eigenvalue weighted by Gasteiger charge is 2.16. The molecule has 1 amide bonds. The van der Waals surface area contributed by atoms with Crippen molar-refractivity contribution in [1.29, 1.82) is 0 Å². The first-order valence-corrected chi connectivity index (χ1v) is 10.3. The van der Waals surface area contributed by atoms with Gasteiger partial charge in [-0.25, -0.2) is 4.39 Å². The standard InChI is InChI=1S/C22H28FNO2S/c1-14(2)17-7-6-8-18(15(3)4)22(17)24-21(25)13-27-12-16-9-10-20(26-5)19(23)11-16/h6-11,14-15H,12-13H2,1-5H3,(H,24,25). The van der Waals surface area contributed by atoms with Crippen molar-refractivity contribution in [2.45, 2.75) is 45.3 Å². The minimum atomic E-state index is -0.382. The van der Waals surface area contributed by atoms with E-state index < -0.39 is 0 Å². The van der Waals surface area contributed by atoms with Gasteiger partial charge in [-0.1, -0.05) is 52.0 Å². The Morgan fingerprint density at radius 2 is 1.74 bits per heavy atom. The topological polar surface area (TPSA) is 38.3 Å². The number of para-hydroxylation sites is 1. The van der Waals surface area contributed by atoms with Crippen LogP contribution in [0.15, 0.2) is 36.4 Å². The maximum Gasteiger partial charge on any atom is 0.234 e. The fourth-order valence-corrected chi connectivity index (χ4v) is 3.71. The summed E-state index contributed by atoms with van der Waals surface area (Å²) in [7, 11) is 1.44. The lowest BCUT2D eigenvalue weighted by atomic mass is 9.92. The molecule has 0 radical (unpaired) electrons. The average molecular weight is 390 g/mol.